The predicted octanol–water partition coefficient (Wildman–Crippen LogP) is 6.89. The molecule has 0 fully saturated rings. The molecule has 2 aromatic heterocycles. The molecule has 1 atom stereocenters. The van der Waals surface area contributed by atoms with E-state index < -0.39 is 0 Å². The molecule has 0 saturated carbocycles. The molecule has 27 heavy (non-hydrogen) atoms. The van der Waals surface area contributed by atoms with E-state index in [-0.39, 0.29) is 11.2 Å². The lowest BCUT2D eigenvalue weighted by Gasteiger charge is -2.18. The van der Waals surface area contributed by atoms with Crippen LogP contribution in [0.15, 0.2) is 33.5 Å². The number of carbonyl (C=O) groups is 1. The normalized spacial score (nSPS) is 12.1. The lowest BCUT2D eigenvalue weighted by Crippen LogP contribution is -2.20. The summed E-state index contributed by atoms with van der Waals surface area (Å²) in [6.45, 7) is 4.21. The molecule has 2 rings (SSSR count). The van der Waals surface area contributed by atoms with E-state index in [2.05, 4.69) is 23.3 Å². The van der Waals surface area contributed by atoms with Crippen molar-refractivity contribution in [1.82, 2.24) is 4.98 Å². The van der Waals surface area contributed by atoms with Crippen LogP contribution in [0.2, 0.25) is 0 Å². The van der Waals surface area contributed by atoms with Crippen molar-refractivity contribution in [3.8, 4) is 0 Å². The number of hydrogen-bond donors (Lipinski definition) is 1. The highest BCUT2D eigenvalue weighted by molar-refractivity contribution is 8.00. The minimum absolute atomic E-state index is 0.0502. The Morgan fingerprint density at radius 1 is 1.26 bits per heavy atom. The van der Waals surface area contributed by atoms with Crippen LogP contribution in [0.3, 0.4) is 0 Å². The summed E-state index contributed by atoms with van der Waals surface area (Å²) in [5.74, 6) is 1.06. The summed E-state index contributed by atoms with van der Waals surface area (Å²) in [5, 5.41) is 5.95. The Morgan fingerprint density at radius 2 is 2.07 bits per heavy atom. The van der Waals surface area contributed by atoms with Gasteiger partial charge in [0, 0.05) is 15.5 Å². The molecule has 0 saturated heterocycles. The molecule has 0 aliphatic heterocycles. The number of anilines is 1. The van der Waals surface area contributed by atoms with E-state index >= 15 is 0 Å². The quantitative estimate of drug-likeness (QED) is 0.304. The highest BCUT2D eigenvalue weighted by atomic mass is 32.2. The number of rotatable bonds is 11. The molecule has 2 heterocycles. The van der Waals surface area contributed by atoms with Crippen LogP contribution in [0, 0.1) is 6.92 Å². The number of unbranched alkanes of at least 4 members (excludes halogenated alkanes) is 3. The second-order valence-electron chi connectivity index (χ2n) is 6.17. The van der Waals surface area contributed by atoms with Crippen molar-refractivity contribution in [2.45, 2.75) is 54.7 Å². The maximum atomic E-state index is 13.2. The van der Waals surface area contributed by atoms with Crippen molar-refractivity contribution < 1.29 is 4.79 Å². The zero-order valence-electron chi connectivity index (χ0n) is 16.4. The monoisotopic (exact) mass is 440 g/mol. The van der Waals surface area contributed by atoms with E-state index in [1.807, 2.05) is 36.9 Å². The molecule has 0 aliphatic rings. The van der Waals surface area contributed by atoms with Crippen LogP contribution in [0.4, 0.5) is 5.69 Å². The summed E-state index contributed by atoms with van der Waals surface area (Å²) in [6.07, 6.45) is 8.92. The fraction of sp³-hybridized carbons (Fsp3) is 0.500. The van der Waals surface area contributed by atoms with Crippen molar-refractivity contribution in [3.05, 3.63) is 34.2 Å². The molecule has 0 radical (unpaired) electrons. The number of amides is 1. The Morgan fingerprint density at radius 3 is 2.70 bits per heavy atom. The van der Waals surface area contributed by atoms with Crippen molar-refractivity contribution in [2.75, 3.05) is 23.6 Å². The van der Waals surface area contributed by atoms with E-state index in [1.54, 1.807) is 46.6 Å². The lowest BCUT2D eigenvalue weighted by atomic mass is 10.2. The second kappa shape index (κ2) is 12.0. The van der Waals surface area contributed by atoms with Gasteiger partial charge in [-0.25, -0.2) is 4.98 Å². The average molecular weight is 441 g/mol. The molecule has 0 spiro atoms. The van der Waals surface area contributed by atoms with Gasteiger partial charge in [0.1, 0.15) is 10.3 Å². The van der Waals surface area contributed by atoms with E-state index in [4.69, 9.17) is 0 Å². The SMILES string of the molecule is CCCCCCSC(C(=O)Nc1c(SC)cc(C)nc1SC)c1cccs1. The number of nitrogens with zero attached hydrogens (tertiary/aromatic N) is 1. The number of thioether (sulfide) groups is 3. The molecule has 2 aromatic rings. The average Bonchev–Trinajstić information content (AvgIpc) is 3.19. The highest BCUT2D eigenvalue weighted by Gasteiger charge is 2.24. The molecular formula is C20H28N2OS4. The molecular weight excluding hydrogens is 413 g/mol. The maximum Gasteiger partial charge on any atom is 0.242 e. The van der Waals surface area contributed by atoms with E-state index in [9.17, 15) is 4.79 Å². The van der Waals surface area contributed by atoms with Crippen LogP contribution in [-0.2, 0) is 4.79 Å². The molecule has 0 bridgehead atoms. The first kappa shape index (κ1) is 22.7. The van der Waals surface area contributed by atoms with Gasteiger partial charge >= 0.3 is 0 Å². The van der Waals surface area contributed by atoms with Gasteiger partial charge in [-0.15, -0.1) is 46.6 Å². The van der Waals surface area contributed by atoms with Gasteiger partial charge in [0.15, 0.2) is 0 Å². The van der Waals surface area contributed by atoms with Gasteiger partial charge in [-0.2, -0.15) is 0 Å². The summed E-state index contributed by atoms with van der Waals surface area (Å²) in [7, 11) is 0. The summed E-state index contributed by atoms with van der Waals surface area (Å²) in [6, 6.07) is 6.12. The minimum atomic E-state index is -0.169. The van der Waals surface area contributed by atoms with Gasteiger partial charge in [0.2, 0.25) is 5.91 Å². The summed E-state index contributed by atoms with van der Waals surface area (Å²) in [5.41, 5.74) is 1.82. The van der Waals surface area contributed by atoms with E-state index in [1.165, 1.54) is 19.3 Å². The van der Waals surface area contributed by atoms with Crippen molar-refractivity contribution in [2.24, 2.45) is 0 Å². The number of thiophene rings is 1. The van der Waals surface area contributed by atoms with Crippen molar-refractivity contribution >= 4 is 58.2 Å². The van der Waals surface area contributed by atoms with E-state index in [0.29, 0.717) is 0 Å². The molecule has 0 aliphatic carbocycles. The number of aromatic nitrogens is 1. The zero-order valence-corrected chi connectivity index (χ0v) is 19.7. The molecule has 1 N–H and O–H groups in total. The Hall–Kier alpha value is -0.630. The topological polar surface area (TPSA) is 42.0 Å². The largest absolute Gasteiger partial charge is 0.322 e. The fourth-order valence-corrected chi connectivity index (χ4v) is 6.12. The van der Waals surface area contributed by atoms with Gasteiger partial charge < -0.3 is 5.32 Å². The smallest absolute Gasteiger partial charge is 0.242 e. The van der Waals surface area contributed by atoms with Crippen LogP contribution in [-0.4, -0.2) is 29.2 Å². The molecule has 7 heteroatoms. The van der Waals surface area contributed by atoms with Crippen LogP contribution in [0.25, 0.3) is 0 Å². The summed E-state index contributed by atoms with van der Waals surface area (Å²) in [4.78, 5) is 20.0. The number of nitrogens with one attached hydrogen (secondary N) is 1. The highest BCUT2D eigenvalue weighted by Crippen LogP contribution is 2.38. The van der Waals surface area contributed by atoms with Gasteiger partial charge in [-0.3, -0.25) is 4.79 Å². The Kier molecular flexibility index (Phi) is 10.1. The number of hydrogen-bond acceptors (Lipinski definition) is 6. The van der Waals surface area contributed by atoms with Crippen LogP contribution < -0.4 is 5.32 Å². The van der Waals surface area contributed by atoms with Gasteiger partial charge in [0.05, 0.1) is 5.69 Å². The summed E-state index contributed by atoms with van der Waals surface area (Å²) < 4.78 is 0. The van der Waals surface area contributed by atoms with Gasteiger partial charge in [-0.05, 0) is 49.1 Å². The van der Waals surface area contributed by atoms with Crippen LogP contribution >= 0.6 is 46.6 Å². The zero-order chi connectivity index (χ0) is 19.6. The van der Waals surface area contributed by atoms with Gasteiger partial charge in [0.25, 0.3) is 0 Å². The third-order valence-electron chi connectivity index (χ3n) is 4.06. The molecule has 0 aromatic carbocycles. The maximum absolute atomic E-state index is 13.2. The lowest BCUT2D eigenvalue weighted by molar-refractivity contribution is -0.115. The van der Waals surface area contributed by atoms with E-state index in [0.717, 1.165) is 38.4 Å². The second-order valence-corrected chi connectivity index (χ2v) is 10.0. The first-order chi connectivity index (χ1) is 13.1. The first-order valence-corrected chi connectivity index (χ1v) is 13.5. The van der Waals surface area contributed by atoms with Gasteiger partial charge in [-0.1, -0.05) is 32.3 Å². The predicted molar refractivity (Wildman–Crippen MR) is 125 cm³/mol. The molecule has 148 valence electrons. The van der Waals surface area contributed by atoms with Crippen LogP contribution in [0.5, 0.6) is 0 Å². The Balaban J connectivity index is 2.16. The molecule has 3 nitrogen and oxygen atoms in total. The third kappa shape index (κ3) is 6.73. The summed E-state index contributed by atoms with van der Waals surface area (Å²) >= 11 is 6.62. The first-order valence-electron chi connectivity index (χ1n) is 9.16. The minimum Gasteiger partial charge on any atom is -0.322 e. The number of aryl methyl sites for hydroxylation is 1. The number of pyridine rings is 1. The van der Waals surface area contributed by atoms with Crippen molar-refractivity contribution in [3.63, 3.8) is 0 Å². The Bertz CT molecular complexity index is 694. The van der Waals surface area contributed by atoms with Crippen LogP contribution in [0.1, 0.15) is 48.4 Å². The third-order valence-corrected chi connectivity index (χ3v) is 7.92. The molecule has 1 unspecified atom stereocenters. The Labute approximate surface area is 179 Å². The van der Waals surface area contributed by atoms with Crippen molar-refractivity contribution in [1.29, 1.82) is 0 Å². The number of carbonyl (C=O) groups excluding carboxylic acids is 1. The molecule has 1 amide bonds. The standard InChI is InChI=1S/C20H28N2OS4/c1-5-6-7-8-11-27-18(15-10-9-12-26-15)19(23)22-17-16(24-3)13-14(2)21-20(17)25-4/h9-10,12-13,18H,5-8,11H2,1-4H3,(H,22,23). The fourth-order valence-electron chi connectivity index (χ4n) is 2.69.